The first-order valence-corrected chi connectivity index (χ1v) is 8.26. The van der Waals surface area contributed by atoms with Crippen molar-refractivity contribution >= 4 is 0 Å². The molecule has 1 aliphatic carbocycles. The summed E-state index contributed by atoms with van der Waals surface area (Å²) in [5.41, 5.74) is 0. The minimum Gasteiger partial charge on any atom is -0.334 e. The maximum Gasteiger partial charge on any atom is 0.105 e. The summed E-state index contributed by atoms with van der Waals surface area (Å²) in [6.45, 7) is 7.90. The average molecular weight is 276 g/mol. The zero-order chi connectivity index (χ0) is 13.8. The summed E-state index contributed by atoms with van der Waals surface area (Å²) >= 11 is 0. The second-order valence-electron chi connectivity index (χ2n) is 6.43. The molecule has 3 rings (SSSR count). The lowest BCUT2D eigenvalue weighted by Gasteiger charge is -2.39. The molecule has 0 bridgehead atoms. The second kappa shape index (κ2) is 6.72. The summed E-state index contributed by atoms with van der Waals surface area (Å²) in [6.07, 6.45) is 11.2. The van der Waals surface area contributed by atoms with Gasteiger partial charge in [0.05, 0.1) is 0 Å². The van der Waals surface area contributed by atoms with Crippen LogP contribution in [0.4, 0.5) is 0 Å². The fraction of sp³-hybridized carbons (Fsp3) is 0.812. The van der Waals surface area contributed by atoms with Gasteiger partial charge in [0.2, 0.25) is 0 Å². The van der Waals surface area contributed by atoms with Crippen LogP contribution in [0.5, 0.6) is 0 Å². The highest BCUT2D eigenvalue weighted by Gasteiger charge is 2.27. The number of imidazole rings is 1. The van der Waals surface area contributed by atoms with Gasteiger partial charge in [0.1, 0.15) is 5.82 Å². The van der Waals surface area contributed by atoms with E-state index < -0.39 is 0 Å². The number of hydrogen-bond acceptors (Lipinski definition) is 3. The van der Waals surface area contributed by atoms with Gasteiger partial charge in [-0.3, -0.25) is 4.90 Å². The standard InChI is InChI=1S/C16H28N4/c1-14-17-8-10-20(14)12-11-19-9-7-18-16(13-19)15-5-3-2-4-6-15/h8,10,15-16,18H,2-7,9,11-13H2,1H3. The number of piperazine rings is 1. The smallest absolute Gasteiger partial charge is 0.105 e. The van der Waals surface area contributed by atoms with Gasteiger partial charge in [0.25, 0.3) is 0 Å². The molecule has 2 aliphatic rings. The van der Waals surface area contributed by atoms with E-state index in [4.69, 9.17) is 0 Å². The van der Waals surface area contributed by atoms with Gasteiger partial charge in [-0.15, -0.1) is 0 Å². The molecular formula is C16H28N4. The van der Waals surface area contributed by atoms with Crippen LogP contribution in [0.15, 0.2) is 12.4 Å². The molecule has 1 atom stereocenters. The van der Waals surface area contributed by atoms with Crippen molar-refractivity contribution in [3.8, 4) is 0 Å². The molecule has 1 aromatic heterocycles. The Balaban J connectivity index is 1.49. The molecule has 2 heterocycles. The summed E-state index contributed by atoms with van der Waals surface area (Å²) in [5, 5.41) is 3.76. The number of hydrogen-bond donors (Lipinski definition) is 1. The molecule has 1 aliphatic heterocycles. The summed E-state index contributed by atoms with van der Waals surface area (Å²) in [7, 11) is 0. The molecule has 2 fully saturated rings. The predicted octanol–water partition coefficient (Wildman–Crippen LogP) is 2.05. The maximum absolute atomic E-state index is 4.30. The lowest BCUT2D eigenvalue weighted by atomic mass is 9.83. The van der Waals surface area contributed by atoms with Crippen LogP contribution in [-0.4, -0.2) is 46.7 Å². The van der Waals surface area contributed by atoms with E-state index in [1.807, 2.05) is 6.20 Å². The Labute approximate surface area is 122 Å². The first-order chi connectivity index (χ1) is 9.83. The van der Waals surface area contributed by atoms with E-state index in [0.717, 1.165) is 37.4 Å². The van der Waals surface area contributed by atoms with Crippen LogP contribution in [-0.2, 0) is 6.54 Å². The molecule has 4 heteroatoms. The van der Waals surface area contributed by atoms with Gasteiger partial charge in [-0.1, -0.05) is 19.3 Å². The van der Waals surface area contributed by atoms with E-state index >= 15 is 0 Å². The number of aromatic nitrogens is 2. The molecule has 1 saturated heterocycles. The summed E-state index contributed by atoms with van der Waals surface area (Å²) < 4.78 is 2.26. The number of rotatable bonds is 4. The molecule has 1 saturated carbocycles. The molecule has 0 radical (unpaired) electrons. The lowest BCUT2D eigenvalue weighted by Crippen LogP contribution is -2.54. The fourth-order valence-electron chi connectivity index (χ4n) is 3.79. The van der Waals surface area contributed by atoms with Crippen LogP contribution < -0.4 is 5.32 Å². The van der Waals surface area contributed by atoms with Crippen molar-refractivity contribution in [2.24, 2.45) is 5.92 Å². The van der Waals surface area contributed by atoms with Gasteiger partial charge in [-0.25, -0.2) is 4.98 Å². The van der Waals surface area contributed by atoms with Crippen LogP contribution in [0, 0.1) is 12.8 Å². The lowest BCUT2D eigenvalue weighted by molar-refractivity contribution is 0.142. The Kier molecular flexibility index (Phi) is 4.73. The highest BCUT2D eigenvalue weighted by molar-refractivity contribution is 4.90. The van der Waals surface area contributed by atoms with E-state index in [9.17, 15) is 0 Å². The fourth-order valence-corrected chi connectivity index (χ4v) is 3.79. The van der Waals surface area contributed by atoms with Gasteiger partial charge in [-0.2, -0.15) is 0 Å². The number of nitrogens with zero attached hydrogens (tertiary/aromatic N) is 3. The van der Waals surface area contributed by atoms with E-state index in [1.54, 1.807) is 0 Å². The van der Waals surface area contributed by atoms with Crippen LogP contribution in [0.25, 0.3) is 0 Å². The third-order valence-electron chi connectivity index (χ3n) is 5.09. The normalized spacial score (nSPS) is 25.9. The molecule has 20 heavy (non-hydrogen) atoms. The van der Waals surface area contributed by atoms with Crippen molar-refractivity contribution in [1.82, 2.24) is 19.8 Å². The highest BCUT2D eigenvalue weighted by Crippen LogP contribution is 2.27. The maximum atomic E-state index is 4.30. The Hall–Kier alpha value is -0.870. The monoisotopic (exact) mass is 276 g/mol. The molecule has 1 aromatic rings. The van der Waals surface area contributed by atoms with Crippen LogP contribution in [0.3, 0.4) is 0 Å². The summed E-state index contributed by atoms with van der Waals surface area (Å²) in [6, 6.07) is 0.730. The topological polar surface area (TPSA) is 33.1 Å². The summed E-state index contributed by atoms with van der Waals surface area (Å²) in [5.74, 6) is 2.05. The number of nitrogens with one attached hydrogen (secondary N) is 1. The molecule has 1 N–H and O–H groups in total. The first kappa shape index (κ1) is 14.1. The van der Waals surface area contributed by atoms with Crippen molar-refractivity contribution in [3.05, 3.63) is 18.2 Å². The van der Waals surface area contributed by atoms with Crippen molar-refractivity contribution in [1.29, 1.82) is 0 Å². The molecule has 0 amide bonds. The Morgan fingerprint density at radius 3 is 2.85 bits per heavy atom. The van der Waals surface area contributed by atoms with Gasteiger partial charge in [-0.05, 0) is 25.7 Å². The molecular weight excluding hydrogens is 248 g/mol. The van der Waals surface area contributed by atoms with E-state index in [1.165, 1.54) is 45.2 Å². The minimum atomic E-state index is 0.730. The minimum absolute atomic E-state index is 0.730. The average Bonchev–Trinajstić information content (AvgIpc) is 2.92. The van der Waals surface area contributed by atoms with Crippen molar-refractivity contribution in [2.45, 2.75) is 51.6 Å². The Morgan fingerprint density at radius 2 is 2.10 bits per heavy atom. The predicted molar refractivity (Wildman–Crippen MR) is 81.8 cm³/mol. The molecule has 0 aromatic carbocycles. The van der Waals surface area contributed by atoms with Crippen molar-refractivity contribution in [2.75, 3.05) is 26.2 Å². The van der Waals surface area contributed by atoms with E-state index in [0.29, 0.717) is 0 Å². The number of aryl methyl sites for hydroxylation is 1. The SMILES string of the molecule is Cc1nccn1CCN1CCNC(C2CCCCC2)C1. The third-order valence-corrected chi connectivity index (χ3v) is 5.09. The zero-order valence-electron chi connectivity index (χ0n) is 12.7. The van der Waals surface area contributed by atoms with Gasteiger partial charge in [0, 0.05) is 51.2 Å². The van der Waals surface area contributed by atoms with Gasteiger partial charge >= 0.3 is 0 Å². The quantitative estimate of drug-likeness (QED) is 0.913. The largest absolute Gasteiger partial charge is 0.334 e. The Bertz CT molecular complexity index is 408. The molecule has 112 valence electrons. The zero-order valence-corrected chi connectivity index (χ0v) is 12.7. The van der Waals surface area contributed by atoms with Crippen molar-refractivity contribution in [3.63, 3.8) is 0 Å². The van der Waals surface area contributed by atoms with E-state index in [-0.39, 0.29) is 0 Å². The first-order valence-electron chi connectivity index (χ1n) is 8.26. The van der Waals surface area contributed by atoms with Gasteiger partial charge < -0.3 is 9.88 Å². The molecule has 4 nitrogen and oxygen atoms in total. The summed E-state index contributed by atoms with van der Waals surface area (Å²) in [4.78, 5) is 6.93. The second-order valence-corrected chi connectivity index (χ2v) is 6.43. The Morgan fingerprint density at radius 1 is 1.25 bits per heavy atom. The molecule has 0 spiro atoms. The molecule has 1 unspecified atom stereocenters. The highest BCUT2D eigenvalue weighted by atomic mass is 15.2. The van der Waals surface area contributed by atoms with Crippen molar-refractivity contribution < 1.29 is 0 Å². The van der Waals surface area contributed by atoms with Gasteiger partial charge in [0.15, 0.2) is 0 Å². The third kappa shape index (κ3) is 3.41. The van der Waals surface area contributed by atoms with Crippen LogP contribution in [0.1, 0.15) is 37.9 Å². The van der Waals surface area contributed by atoms with E-state index in [2.05, 4.69) is 32.9 Å². The van der Waals surface area contributed by atoms with Crippen LogP contribution in [0.2, 0.25) is 0 Å². The van der Waals surface area contributed by atoms with Crippen LogP contribution >= 0.6 is 0 Å².